The average molecular weight is 262 g/mol. The van der Waals surface area contributed by atoms with Gasteiger partial charge < -0.3 is 15.4 Å². The number of aromatic nitrogens is 1. The van der Waals surface area contributed by atoms with Crippen LogP contribution in [0.5, 0.6) is 0 Å². The van der Waals surface area contributed by atoms with Crippen molar-refractivity contribution in [1.29, 1.82) is 0 Å². The summed E-state index contributed by atoms with van der Waals surface area (Å²) < 4.78 is 5.32. The standard InChI is InChI=1S/C14H22N4O/c1-10-11(2)18(13-8-19-9-13)6-5-17(10)12-3-4-14(15)16-7-12/h3-4,7,10-11,13H,5-6,8-9H2,1-2H3,(H2,15,16)/t10-,11+/m0/s1. The van der Waals surface area contributed by atoms with Crippen molar-refractivity contribution in [3.63, 3.8) is 0 Å². The molecule has 3 rings (SSSR count). The predicted molar refractivity (Wildman–Crippen MR) is 76.2 cm³/mol. The quantitative estimate of drug-likeness (QED) is 0.860. The molecule has 2 fully saturated rings. The van der Waals surface area contributed by atoms with Crippen molar-refractivity contribution in [2.75, 3.05) is 36.9 Å². The highest BCUT2D eigenvalue weighted by Crippen LogP contribution is 2.27. The first-order chi connectivity index (χ1) is 9.16. The highest BCUT2D eigenvalue weighted by molar-refractivity contribution is 5.49. The lowest BCUT2D eigenvalue weighted by Gasteiger charge is -2.50. The molecule has 0 unspecified atom stereocenters. The number of hydrogen-bond donors (Lipinski definition) is 1. The lowest BCUT2D eigenvalue weighted by atomic mass is 10.0. The van der Waals surface area contributed by atoms with E-state index in [2.05, 4.69) is 34.7 Å². The van der Waals surface area contributed by atoms with Gasteiger partial charge in [-0.1, -0.05) is 0 Å². The number of nitrogen functional groups attached to an aromatic ring is 1. The molecule has 5 heteroatoms. The minimum Gasteiger partial charge on any atom is -0.384 e. The Bertz CT molecular complexity index is 432. The third-order valence-electron chi connectivity index (χ3n) is 4.50. The van der Waals surface area contributed by atoms with Crippen molar-refractivity contribution < 1.29 is 4.74 Å². The highest BCUT2D eigenvalue weighted by Gasteiger charge is 2.37. The maximum absolute atomic E-state index is 5.65. The van der Waals surface area contributed by atoms with Crippen LogP contribution in [0, 0.1) is 0 Å². The number of ether oxygens (including phenoxy) is 1. The Balaban J connectivity index is 1.73. The zero-order valence-electron chi connectivity index (χ0n) is 11.6. The SMILES string of the molecule is C[C@@H]1[C@H](C)N(c2ccc(N)nc2)CCN1C1COC1. The second-order valence-electron chi connectivity index (χ2n) is 5.54. The molecule has 1 aromatic heterocycles. The van der Waals surface area contributed by atoms with E-state index in [0.29, 0.717) is 23.9 Å². The van der Waals surface area contributed by atoms with E-state index in [4.69, 9.17) is 10.5 Å². The summed E-state index contributed by atoms with van der Waals surface area (Å²) in [4.78, 5) is 9.20. The van der Waals surface area contributed by atoms with E-state index in [1.165, 1.54) is 0 Å². The van der Waals surface area contributed by atoms with E-state index in [1.54, 1.807) is 0 Å². The van der Waals surface area contributed by atoms with Gasteiger partial charge in [-0.2, -0.15) is 0 Å². The number of anilines is 2. The van der Waals surface area contributed by atoms with Gasteiger partial charge in [0.15, 0.2) is 0 Å². The first-order valence-electron chi connectivity index (χ1n) is 6.98. The van der Waals surface area contributed by atoms with E-state index in [1.807, 2.05) is 12.3 Å². The van der Waals surface area contributed by atoms with Gasteiger partial charge in [-0.05, 0) is 26.0 Å². The van der Waals surface area contributed by atoms with Gasteiger partial charge in [0.25, 0.3) is 0 Å². The molecule has 0 aromatic carbocycles. The summed E-state index contributed by atoms with van der Waals surface area (Å²) in [6.07, 6.45) is 1.88. The summed E-state index contributed by atoms with van der Waals surface area (Å²) in [5, 5.41) is 0. The predicted octanol–water partition coefficient (Wildman–Crippen LogP) is 0.962. The highest BCUT2D eigenvalue weighted by atomic mass is 16.5. The molecule has 2 aliphatic rings. The molecule has 0 amide bonds. The van der Waals surface area contributed by atoms with Crippen LogP contribution < -0.4 is 10.6 Å². The first kappa shape index (κ1) is 12.7. The topological polar surface area (TPSA) is 54.6 Å². The lowest BCUT2D eigenvalue weighted by molar-refractivity contribution is -0.0840. The Morgan fingerprint density at radius 1 is 1.21 bits per heavy atom. The largest absolute Gasteiger partial charge is 0.384 e. The number of rotatable bonds is 2. The number of nitrogens with zero attached hydrogens (tertiary/aromatic N) is 3. The average Bonchev–Trinajstić information content (AvgIpc) is 2.35. The second kappa shape index (κ2) is 4.98. The molecule has 0 aliphatic carbocycles. The summed E-state index contributed by atoms with van der Waals surface area (Å²) in [6.45, 7) is 8.49. The minimum absolute atomic E-state index is 0.472. The first-order valence-corrected chi connectivity index (χ1v) is 6.98. The molecule has 0 bridgehead atoms. The molecule has 19 heavy (non-hydrogen) atoms. The Kier molecular flexibility index (Phi) is 3.33. The van der Waals surface area contributed by atoms with Gasteiger partial charge in [0, 0.05) is 25.2 Å². The Labute approximate surface area is 114 Å². The van der Waals surface area contributed by atoms with Gasteiger partial charge in [0.05, 0.1) is 31.1 Å². The molecule has 0 spiro atoms. The maximum Gasteiger partial charge on any atom is 0.123 e. The molecule has 0 saturated carbocycles. The van der Waals surface area contributed by atoms with E-state index in [9.17, 15) is 0 Å². The number of hydrogen-bond acceptors (Lipinski definition) is 5. The van der Waals surface area contributed by atoms with Gasteiger partial charge in [0.1, 0.15) is 5.82 Å². The monoisotopic (exact) mass is 262 g/mol. The molecule has 2 saturated heterocycles. The van der Waals surface area contributed by atoms with Gasteiger partial charge in [-0.15, -0.1) is 0 Å². The van der Waals surface area contributed by atoms with E-state index in [-0.39, 0.29) is 0 Å². The molecule has 0 radical (unpaired) electrons. The molecule has 2 aliphatic heterocycles. The third kappa shape index (κ3) is 2.28. The van der Waals surface area contributed by atoms with Gasteiger partial charge in [-0.3, -0.25) is 4.90 Å². The van der Waals surface area contributed by atoms with Crippen molar-refractivity contribution in [3.8, 4) is 0 Å². The van der Waals surface area contributed by atoms with Crippen molar-refractivity contribution in [2.45, 2.75) is 32.0 Å². The third-order valence-corrected chi connectivity index (χ3v) is 4.50. The van der Waals surface area contributed by atoms with Crippen LogP contribution in [-0.2, 0) is 4.74 Å². The van der Waals surface area contributed by atoms with E-state index >= 15 is 0 Å². The summed E-state index contributed by atoms with van der Waals surface area (Å²) in [6, 6.07) is 5.55. The van der Waals surface area contributed by atoms with Crippen molar-refractivity contribution in [1.82, 2.24) is 9.88 Å². The van der Waals surface area contributed by atoms with Crippen LogP contribution in [0.15, 0.2) is 18.3 Å². The normalized spacial score (nSPS) is 29.3. The lowest BCUT2D eigenvalue weighted by Crippen LogP contribution is -2.64. The van der Waals surface area contributed by atoms with Crippen molar-refractivity contribution in [2.24, 2.45) is 0 Å². The van der Waals surface area contributed by atoms with Gasteiger partial charge >= 0.3 is 0 Å². The smallest absolute Gasteiger partial charge is 0.123 e. The summed E-state index contributed by atoms with van der Waals surface area (Å²) in [5.41, 5.74) is 6.82. The van der Waals surface area contributed by atoms with Crippen LogP contribution in [0.4, 0.5) is 11.5 Å². The Morgan fingerprint density at radius 3 is 2.58 bits per heavy atom. The van der Waals surface area contributed by atoms with Crippen LogP contribution in [0.3, 0.4) is 0 Å². The molecule has 5 nitrogen and oxygen atoms in total. The maximum atomic E-state index is 5.65. The van der Waals surface area contributed by atoms with Crippen LogP contribution in [0.25, 0.3) is 0 Å². The molecule has 104 valence electrons. The number of piperazine rings is 1. The fourth-order valence-electron chi connectivity index (χ4n) is 3.03. The fraction of sp³-hybridized carbons (Fsp3) is 0.643. The molecule has 3 heterocycles. The van der Waals surface area contributed by atoms with Crippen molar-refractivity contribution >= 4 is 11.5 Å². The molecule has 2 N–H and O–H groups in total. The second-order valence-corrected chi connectivity index (χ2v) is 5.54. The van der Waals surface area contributed by atoms with Gasteiger partial charge in [0.2, 0.25) is 0 Å². The minimum atomic E-state index is 0.472. The number of pyridine rings is 1. The molecular formula is C14H22N4O. The number of nitrogens with two attached hydrogens (primary N) is 1. The van der Waals surface area contributed by atoms with Crippen molar-refractivity contribution in [3.05, 3.63) is 18.3 Å². The summed E-state index contributed by atoms with van der Waals surface area (Å²) >= 11 is 0. The molecule has 1 aromatic rings. The van der Waals surface area contributed by atoms with E-state index in [0.717, 1.165) is 32.0 Å². The van der Waals surface area contributed by atoms with E-state index < -0.39 is 0 Å². The summed E-state index contributed by atoms with van der Waals surface area (Å²) in [7, 11) is 0. The zero-order chi connectivity index (χ0) is 13.4. The molecular weight excluding hydrogens is 240 g/mol. The zero-order valence-corrected chi connectivity index (χ0v) is 11.6. The summed E-state index contributed by atoms with van der Waals surface area (Å²) in [5.74, 6) is 0.578. The van der Waals surface area contributed by atoms with Crippen LogP contribution in [0.2, 0.25) is 0 Å². The Hall–Kier alpha value is -1.33. The van der Waals surface area contributed by atoms with Gasteiger partial charge in [-0.25, -0.2) is 4.98 Å². The van der Waals surface area contributed by atoms with Crippen LogP contribution >= 0.6 is 0 Å². The fourth-order valence-corrected chi connectivity index (χ4v) is 3.03. The molecule has 2 atom stereocenters. The van der Waals surface area contributed by atoms with Crippen LogP contribution in [0.1, 0.15) is 13.8 Å². The Morgan fingerprint density at radius 2 is 2.00 bits per heavy atom. The van der Waals surface area contributed by atoms with Crippen LogP contribution in [-0.4, -0.2) is 54.3 Å².